The van der Waals surface area contributed by atoms with Crippen LogP contribution in [-0.2, 0) is 18.9 Å². The van der Waals surface area contributed by atoms with E-state index in [1.807, 2.05) is 13.8 Å². The second-order valence-corrected chi connectivity index (χ2v) is 3.58. The first kappa shape index (κ1) is 13.8. The van der Waals surface area contributed by atoms with E-state index >= 15 is 0 Å². The third kappa shape index (κ3) is 3.92. The van der Waals surface area contributed by atoms with Crippen LogP contribution in [0.4, 0.5) is 0 Å². The summed E-state index contributed by atoms with van der Waals surface area (Å²) in [6, 6.07) is 0. The van der Waals surface area contributed by atoms with Crippen molar-refractivity contribution in [2.24, 2.45) is 0 Å². The van der Waals surface area contributed by atoms with Gasteiger partial charge in [-0.05, 0) is 13.8 Å². The van der Waals surface area contributed by atoms with Crippen LogP contribution in [0.2, 0.25) is 0 Å². The van der Waals surface area contributed by atoms with Gasteiger partial charge in [-0.3, -0.25) is 0 Å². The maximum atomic E-state index is 5.24. The molecule has 0 unspecified atom stereocenters. The van der Waals surface area contributed by atoms with E-state index in [1.54, 1.807) is 28.4 Å². The smallest absolute Gasteiger partial charge is 0.164 e. The molecule has 0 rings (SSSR count). The van der Waals surface area contributed by atoms with E-state index in [0.717, 1.165) is 0 Å². The molecule has 4 nitrogen and oxygen atoms in total. The Morgan fingerprint density at radius 3 is 1.00 bits per heavy atom. The molecule has 0 aromatic rings. The molecule has 0 aliphatic carbocycles. The highest BCUT2D eigenvalue weighted by Gasteiger charge is 2.30. The normalized spacial score (nSPS) is 13.3. The lowest BCUT2D eigenvalue weighted by Crippen LogP contribution is -2.36. The molecule has 0 saturated carbocycles. The Labute approximate surface area is 86.5 Å². The van der Waals surface area contributed by atoms with Crippen LogP contribution < -0.4 is 0 Å². The van der Waals surface area contributed by atoms with Gasteiger partial charge in [0.1, 0.15) is 0 Å². The Bertz CT molecular complexity index is 132. The lowest BCUT2D eigenvalue weighted by molar-refractivity contribution is -0.235. The monoisotopic (exact) mass is 206 g/mol. The first-order valence-electron chi connectivity index (χ1n) is 4.66. The molecular weight excluding hydrogens is 184 g/mol. The van der Waals surface area contributed by atoms with Crippen molar-refractivity contribution in [1.29, 1.82) is 0 Å². The van der Waals surface area contributed by atoms with Gasteiger partial charge in [0.25, 0.3) is 0 Å². The zero-order valence-electron chi connectivity index (χ0n) is 10.0. The van der Waals surface area contributed by atoms with E-state index in [4.69, 9.17) is 18.9 Å². The molecule has 0 aliphatic heterocycles. The average Bonchev–Trinajstić information content (AvgIpc) is 2.25. The largest absolute Gasteiger partial charge is 0.353 e. The predicted octanol–water partition coefficient (Wildman–Crippen LogP) is 1.78. The van der Waals surface area contributed by atoms with Gasteiger partial charge in [-0.2, -0.15) is 0 Å². The first-order valence-corrected chi connectivity index (χ1v) is 4.66. The van der Waals surface area contributed by atoms with Crippen LogP contribution in [-0.4, -0.2) is 40.0 Å². The van der Waals surface area contributed by atoms with Gasteiger partial charge in [-0.15, -0.1) is 0 Å². The third-order valence-electron chi connectivity index (χ3n) is 2.76. The van der Waals surface area contributed by atoms with E-state index < -0.39 is 11.6 Å². The summed E-state index contributed by atoms with van der Waals surface area (Å²) in [5, 5.41) is 0. The van der Waals surface area contributed by atoms with Gasteiger partial charge >= 0.3 is 0 Å². The Balaban J connectivity index is 4.14. The zero-order chi connectivity index (χ0) is 11.2. The molecule has 0 N–H and O–H groups in total. The molecule has 0 spiro atoms. The molecule has 0 aromatic heterocycles. The van der Waals surface area contributed by atoms with Gasteiger partial charge in [0, 0.05) is 41.3 Å². The summed E-state index contributed by atoms with van der Waals surface area (Å²) in [6.45, 7) is 3.78. The van der Waals surface area contributed by atoms with Crippen LogP contribution in [0.25, 0.3) is 0 Å². The fraction of sp³-hybridized carbons (Fsp3) is 1.00. The topological polar surface area (TPSA) is 36.9 Å². The molecule has 0 saturated heterocycles. The summed E-state index contributed by atoms with van der Waals surface area (Å²) >= 11 is 0. The number of ether oxygens (including phenoxy) is 4. The minimum Gasteiger partial charge on any atom is -0.353 e. The molecule has 0 amide bonds. The van der Waals surface area contributed by atoms with Crippen LogP contribution in [0, 0.1) is 0 Å². The van der Waals surface area contributed by atoms with Crippen molar-refractivity contribution >= 4 is 0 Å². The lowest BCUT2D eigenvalue weighted by atomic mass is 10.1. The molecule has 0 fully saturated rings. The third-order valence-corrected chi connectivity index (χ3v) is 2.76. The minimum absolute atomic E-state index is 0.571. The van der Waals surface area contributed by atoms with Crippen molar-refractivity contribution in [2.75, 3.05) is 28.4 Å². The summed E-state index contributed by atoms with van der Waals surface area (Å²) < 4.78 is 21.0. The molecule has 0 bridgehead atoms. The molecule has 0 heterocycles. The van der Waals surface area contributed by atoms with Crippen molar-refractivity contribution < 1.29 is 18.9 Å². The van der Waals surface area contributed by atoms with Gasteiger partial charge in [0.05, 0.1) is 0 Å². The van der Waals surface area contributed by atoms with Gasteiger partial charge in [0.2, 0.25) is 0 Å². The summed E-state index contributed by atoms with van der Waals surface area (Å²) in [6.07, 6.45) is 1.41. The number of hydrogen-bond donors (Lipinski definition) is 0. The van der Waals surface area contributed by atoms with E-state index in [2.05, 4.69) is 0 Å². The van der Waals surface area contributed by atoms with Gasteiger partial charge in [0.15, 0.2) is 11.6 Å². The highest BCUT2D eigenvalue weighted by Crippen LogP contribution is 2.25. The van der Waals surface area contributed by atoms with Crippen LogP contribution in [0.3, 0.4) is 0 Å². The van der Waals surface area contributed by atoms with Crippen molar-refractivity contribution in [1.82, 2.24) is 0 Å². The number of methoxy groups -OCH3 is 4. The Morgan fingerprint density at radius 1 is 0.643 bits per heavy atom. The first-order chi connectivity index (χ1) is 6.45. The van der Waals surface area contributed by atoms with E-state index in [0.29, 0.717) is 12.8 Å². The zero-order valence-corrected chi connectivity index (χ0v) is 10.0. The Morgan fingerprint density at radius 2 is 0.857 bits per heavy atom. The molecule has 14 heavy (non-hydrogen) atoms. The molecule has 4 heteroatoms. The second-order valence-electron chi connectivity index (χ2n) is 3.58. The van der Waals surface area contributed by atoms with E-state index in [1.165, 1.54) is 0 Å². The van der Waals surface area contributed by atoms with Crippen molar-refractivity contribution in [3.63, 3.8) is 0 Å². The molecule has 86 valence electrons. The fourth-order valence-electron chi connectivity index (χ4n) is 1.03. The summed E-state index contributed by atoms with van der Waals surface area (Å²) in [5.41, 5.74) is 0. The van der Waals surface area contributed by atoms with Crippen LogP contribution in [0.5, 0.6) is 0 Å². The van der Waals surface area contributed by atoms with Gasteiger partial charge < -0.3 is 18.9 Å². The fourth-order valence-corrected chi connectivity index (χ4v) is 1.03. The molecular formula is C10H22O4. The van der Waals surface area contributed by atoms with Crippen LogP contribution in [0.1, 0.15) is 26.7 Å². The van der Waals surface area contributed by atoms with Gasteiger partial charge in [-0.1, -0.05) is 0 Å². The maximum Gasteiger partial charge on any atom is 0.164 e. The van der Waals surface area contributed by atoms with Crippen molar-refractivity contribution in [3.05, 3.63) is 0 Å². The van der Waals surface area contributed by atoms with Gasteiger partial charge in [-0.25, -0.2) is 0 Å². The maximum absolute atomic E-state index is 5.24. The van der Waals surface area contributed by atoms with Crippen LogP contribution in [0.15, 0.2) is 0 Å². The highest BCUT2D eigenvalue weighted by atomic mass is 16.7. The quantitative estimate of drug-likeness (QED) is 0.595. The molecule has 0 aromatic carbocycles. The molecule has 0 atom stereocenters. The SMILES string of the molecule is COC(C)(CCC(C)(OC)OC)OC. The van der Waals surface area contributed by atoms with Crippen molar-refractivity contribution in [2.45, 2.75) is 38.3 Å². The Kier molecular flexibility index (Phi) is 5.59. The van der Waals surface area contributed by atoms with E-state index in [9.17, 15) is 0 Å². The Hall–Kier alpha value is -0.160. The predicted molar refractivity (Wildman–Crippen MR) is 54.1 cm³/mol. The lowest BCUT2D eigenvalue weighted by Gasteiger charge is -2.32. The highest BCUT2D eigenvalue weighted by molar-refractivity contribution is 4.69. The summed E-state index contributed by atoms with van der Waals surface area (Å²) in [7, 11) is 6.50. The van der Waals surface area contributed by atoms with Crippen LogP contribution >= 0.6 is 0 Å². The summed E-state index contributed by atoms with van der Waals surface area (Å²) in [5.74, 6) is -1.14. The number of hydrogen-bond acceptors (Lipinski definition) is 4. The molecule has 0 radical (unpaired) electrons. The second kappa shape index (κ2) is 5.66. The minimum atomic E-state index is -0.571. The number of rotatable bonds is 7. The average molecular weight is 206 g/mol. The molecule has 0 aliphatic rings. The summed E-state index contributed by atoms with van der Waals surface area (Å²) in [4.78, 5) is 0. The van der Waals surface area contributed by atoms with Crippen molar-refractivity contribution in [3.8, 4) is 0 Å². The standard InChI is InChI=1S/C10H22O4/c1-9(11-3,12-4)7-8-10(2,13-5)14-6/h7-8H2,1-6H3. The van der Waals surface area contributed by atoms with E-state index in [-0.39, 0.29) is 0 Å².